The van der Waals surface area contributed by atoms with E-state index in [-0.39, 0.29) is 5.91 Å². The number of amides is 1. The van der Waals surface area contributed by atoms with E-state index in [1.165, 1.54) is 11.8 Å². The van der Waals surface area contributed by atoms with Crippen molar-refractivity contribution in [3.63, 3.8) is 0 Å². The van der Waals surface area contributed by atoms with Crippen molar-refractivity contribution >= 4 is 28.4 Å². The molecule has 0 aliphatic carbocycles. The van der Waals surface area contributed by atoms with Crippen LogP contribution in [0.5, 0.6) is 5.75 Å². The highest BCUT2D eigenvalue weighted by atomic mass is 32.2. The lowest BCUT2D eigenvalue weighted by Gasteiger charge is -2.28. The molecule has 1 aromatic carbocycles. The highest BCUT2D eigenvalue weighted by Gasteiger charge is 2.40. The van der Waals surface area contributed by atoms with Gasteiger partial charge in [-0.1, -0.05) is 19.1 Å². The number of hydrogen-bond acceptors (Lipinski definition) is 6. The van der Waals surface area contributed by atoms with Gasteiger partial charge in [-0.2, -0.15) is 5.26 Å². The summed E-state index contributed by atoms with van der Waals surface area (Å²) < 4.78 is 11.2. The second kappa shape index (κ2) is 9.01. The summed E-state index contributed by atoms with van der Waals surface area (Å²) in [4.78, 5) is 17.9. The van der Waals surface area contributed by atoms with Crippen LogP contribution in [0.2, 0.25) is 0 Å². The first kappa shape index (κ1) is 20.7. The van der Waals surface area contributed by atoms with E-state index in [4.69, 9.17) is 9.15 Å². The van der Waals surface area contributed by atoms with Crippen LogP contribution in [-0.4, -0.2) is 23.8 Å². The first-order valence-electron chi connectivity index (χ1n) is 9.32. The molecule has 0 spiro atoms. The number of ether oxygens (including phenoxy) is 1. The summed E-state index contributed by atoms with van der Waals surface area (Å²) in [6, 6.07) is 13.2. The van der Waals surface area contributed by atoms with E-state index < -0.39 is 11.8 Å². The molecule has 0 fully saturated rings. The lowest BCUT2D eigenvalue weighted by molar-refractivity contribution is -0.113. The second-order valence-electron chi connectivity index (χ2n) is 6.57. The van der Waals surface area contributed by atoms with Crippen molar-refractivity contribution in [1.82, 2.24) is 0 Å². The molecule has 0 bridgehead atoms. The molecule has 2 heterocycles. The van der Waals surface area contributed by atoms with E-state index in [0.29, 0.717) is 33.5 Å². The molecule has 29 heavy (non-hydrogen) atoms. The van der Waals surface area contributed by atoms with Gasteiger partial charge in [0.2, 0.25) is 0 Å². The molecule has 1 amide bonds. The topological polar surface area (TPSA) is 87.6 Å². The number of methoxy groups -OCH3 is 1. The summed E-state index contributed by atoms with van der Waals surface area (Å²) in [6.45, 7) is 5.65. The Morgan fingerprint density at radius 2 is 2.07 bits per heavy atom. The van der Waals surface area contributed by atoms with Crippen molar-refractivity contribution in [2.45, 2.75) is 26.7 Å². The summed E-state index contributed by atoms with van der Waals surface area (Å²) in [7, 11) is 1.55. The zero-order chi connectivity index (χ0) is 21.0. The van der Waals surface area contributed by atoms with Crippen LogP contribution < -0.4 is 10.1 Å². The summed E-state index contributed by atoms with van der Waals surface area (Å²) >= 11 is 1.52. The van der Waals surface area contributed by atoms with Gasteiger partial charge in [-0.25, -0.2) is 4.99 Å². The average Bonchev–Trinajstić information content (AvgIpc) is 3.14. The largest absolute Gasteiger partial charge is 0.495 e. The lowest BCUT2D eigenvalue weighted by atomic mass is 9.81. The van der Waals surface area contributed by atoms with E-state index in [1.54, 1.807) is 26.2 Å². The Balaban J connectivity index is 2.07. The fourth-order valence-corrected chi connectivity index (χ4v) is 4.26. The molecule has 1 aliphatic heterocycles. The minimum Gasteiger partial charge on any atom is -0.495 e. The van der Waals surface area contributed by atoms with Gasteiger partial charge in [-0.15, -0.1) is 11.8 Å². The zero-order valence-electron chi connectivity index (χ0n) is 16.9. The molecule has 1 N–H and O–H groups in total. The fourth-order valence-electron chi connectivity index (χ4n) is 3.40. The van der Waals surface area contributed by atoms with Gasteiger partial charge >= 0.3 is 0 Å². The molecule has 0 saturated heterocycles. The molecule has 1 aromatic heterocycles. The number of aryl methyl sites for hydroxylation is 1. The highest BCUT2D eigenvalue weighted by Crippen LogP contribution is 2.42. The van der Waals surface area contributed by atoms with Crippen LogP contribution in [0.4, 0.5) is 5.69 Å². The van der Waals surface area contributed by atoms with Gasteiger partial charge in [-0.3, -0.25) is 4.79 Å². The van der Waals surface area contributed by atoms with Gasteiger partial charge in [0.05, 0.1) is 35.4 Å². The van der Waals surface area contributed by atoms with Gasteiger partial charge in [0.15, 0.2) is 0 Å². The van der Waals surface area contributed by atoms with Crippen LogP contribution in [0.15, 0.2) is 57.1 Å². The number of allylic oxidation sites excluding steroid dienone is 1. The van der Waals surface area contributed by atoms with E-state index in [0.717, 1.165) is 11.5 Å². The maximum Gasteiger partial charge on any atom is 0.254 e. The van der Waals surface area contributed by atoms with Crippen LogP contribution in [0.25, 0.3) is 0 Å². The Kier molecular flexibility index (Phi) is 6.45. The number of anilines is 1. The number of para-hydroxylation sites is 2. The summed E-state index contributed by atoms with van der Waals surface area (Å²) in [6.07, 6.45) is 0. The number of benzene rings is 1. The quantitative estimate of drug-likeness (QED) is 0.759. The molecular weight excluding hydrogens is 386 g/mol. The number of aliphatic imine (C=N–C) groups is 1. The molecule has 2 aromatic rings. The number of nitrogens with zero attached hydrogens (tertiary/aromatic N) is 2. The Morgan fingerprint density at radius 3 is 2.69 bits per heavy atom. The van der Waals surface area contributed by atoms with Crippen molar-refractivity contribution in [2.24, 2.45) is 10.9 Å². The molecule has 1 unspecified atom stereocenters. The number of carbonyl (C=O) groups is 1. The van der Waals surface area contributed by atoms with Gasteiger partial charge in [0, 0.05) is 5.70 Å². The maximum atomic E-state index is 13.3. The Bertz CT molecular complexity index is 1020. The first-order valence-corrected chi connectivity index (χ1v) is 10.3. The summed E-state index contributed by atoms with van der Waals surface area (Å²) in [5.74, 6) is 1.21. The Morgan fingerprint density at radius 1 is 1.31 bits per heavy atom. The van der Waals surface area contributed by atoms with Crippen molar-refractivity contribution in [1.29, 1.82) is 5.26 Å². The van der Waals surface area contributed by atoms with Crippen LogP contribution in [0.3, 0.4) is 0 Å². The molecule has 3 rings (SSSR count). The Hall–Kier alpha value is -2.98. The Labute approximate surface area is 174 Å². The molecule has 2 atom stereocenters. The van der Waals surface area contributed by atoms with Crippen molar-refractivity contribution in [3.05, 3.63) is 59.2 Å². The van der Waals surface area contributed by atoms with Crippen LogP contribution in [0, 0.1) is 24.2 Å². The summed E-state index contributed by atoms with van der Waals surface area (Å²) in [5, 5.41) is 13.5. The van der Waals surface area contributed by atoms with E-state index in [2.05, 4.69) is 16.4 Å². The molecule has 1 aliphatic rings. The maximum absolute atomic E-state index is 13.3. The van der Waals surface area contributed by atoms with Crippen LogP contribution in [0.1, 0.15) is 31.3 Å². The number of furan rings is 1. The fraction of sp³-hybridized carbons (Fsp3) is 0.318. The monoisotopic (exact) mass is 409 g/mol. The zero-order valence-corrected chi connectivity index (χ0v) is 17.7. The minimum atomic E-state index is -0.590. The smallest absolute Gasteiger partial charge is 0.254 e. The third-order valence-corrected chi connectivity index (χ3v) is 5.61. The van der Waals surface area contributed by atoms with Crippen LogP contribution in [-0.2, 0) is 4.79 Å². The summed E-state index contributed by atoms with van der Waals surface area (Å²) in [5.41, 5.74) is 1.57. The van der Waals surface area contributed by atoms with Crippen molar-refractivity contribution in [3.8, 4) is 11.8 Å². The standard InChI is InChI=1S/C22H23N3O3S/c1-5-29-22-15(12-23)20(18-11-10-13(2)28-18)19(14(3)24-22)21(26)25-16-8-6-7-9-17(16)27-4/h6-11,15,20H,5H2,1-4H3,(H,25,26)/t15?,20-/m1/s1. The number of nitrogens with one attached hydrogen (secondary N) is 1. The molecule has 0 saturated carbocycles. The molecule has 150 valence electrons. The SMILES string of the molecule is CCSC1=NC(C)=C(C(=O)Nc2ccccc2OC)[C@@H](c2ccc(C)o2)C1C#N. The highest BCUT2D eigenvalue weighted by molar-refractivity contribution is 8.14. The average molecular weight is 410 g/mol. The number of nitriles is 1. The second-order valence-corrected chi connectivity index (χ2v) is 7.85. The van der Waals surface area contributed by atoms with Crippen molar-refractivity contribution < 1.29 is 13.9 Å². The van der Waals surface area contributed by atoms with Gasteiger partial charge in [-0.05, 0) is 43.9 Å². The van der Waals surface area contributed by atoms with Crippen LogP contribution >= 0.6 is 11.8 Å². The van der Waals surface area contributed by atoms with E-state index in [9.17, 15) is 10.1 Å². The third-order valence-electron chi connectivity index (χ3n) is 4.68. The third kappa shape index (κ3) is 4.22. The molecular formula is C22H23N3O3S. The van der Waals surface area contributed by atoms with Crippen molar-refractivity contribution in [2.75, 3.05) is 18.2 Å². The predicted molar refractivity (Wildman–Crippen MR) is 115 cm³/mol. The number of thioether (sulfide) groups is 1. The van der Waals surface area contributed by atoms with Gasteiger partial charge < -0.3 is 14.5 Å². The van der Waals surface area contributed by atoms with E-state index >= 15 is 0 Å². The predicted octanol–water partition coefficient (Wildman–Crippen LogP) is 4.90. The number of hydrogen-bond donors (Lipinski definition) is 1. The van der Waals surface area contributed by atoms with Gasteiger partial charge in [0.1, 0.15) is 23.2 Å². The lowest BCUT2D eigenvalue weighted by Crippen LogP contribution is -2.31. The first-order chi connectivity index (χ1) is 14.0. The number of carbonyl (C=O) groups excluding carboxylic acids is 1. The van der Waals surface area contributed by atoms with E-state index in [1.807, 2.05) is 38.1 Å². The van der Waals surface area contributed by atoms with Gasteiger partial charge in [0.25, 0.3) is 5.91 Å². The minimum absolute atomic E-state index is 0.324. The number of rotatable bonds is 5. The molecule has 0 radical (unpaired) electrons. The molecule has 6 nitrogen and oxygen atoms in total. The molecule has 7 heteroatoms. The normalized spacial score (nSPS) is 18.8.